The van der Waals surface area contributed by atoms with Crippen LogP contribution in [0.1, 0.15) is 0 Å². The smallest absolute Gasteiger partial charge is 0.260 e. The molecule has 1 heterocycles. The van der Waals surface area contributed by atoms with Crippen LogP contribution in [0.4, 0.5) is 8.78 Å². The summed E-state index contributed by atoms with van der Waals surface area (Å²) in [6.07, 6.45) is -0.691. The molecule has 1 N–H and O–H groups in total. The lowest BCUT2D eigenvalue weighted by Crippen LogP contribution is -2.51. The van der Waals surface area contributed by atoms with Crippen LogP contribution in [0.25, 0.3) is 0 Å². The second-order valence-electron chi connectivity index (χ2n) is 6.84. The third-order valence-electron chi connectivity index (χ3n) is 4.63. The van der Waals surface area contributed by atoms with Crippen LogP contribution in [0.3, 0.4) is 0 Å². The molecular weight excluding hydrogens is 382 g/mol. The topological polar surface area (TPSA) is 62.2 Å². The number of hydrogen-bond acceptors (Lipinski definition) is 5. The molecule has 0 radical (unpaired) electrons. The average molecular weight is 406 g/mol. The van der Waals surface area contributed by atoms with E-state index in [-0.39, 0.29) is 30.8 Å². The van der Waals surface area contributed by atoms with Crippen LogP contribution >= 0.6 is 0 Å². The van der Waals surface area contributed by atoms with E-state index < -0.39 is 6.10 Å². The standard InChI is InChI=1S/C21H24F2N2O4/c22-16-1-5-19(6-2-16)28-14-18(26)13-24-9-11-25(12-10-24)21(27)15-29-20-7-3-17(23)4-8-20/h1-8,18,26H,9-15H2. The molecule has 156 valence electrons. The van der Waals surface area contributed by atoms with E-state index in [9.17, 15) is 18.7 Å². The van der Waals surface area contributed by atoms with E-state index in [1.54, 1.807) is 4.90 Å². The number of amides is 1. The van der Waals surface area contributed by atoms with Gasteiger partial charge >= 0.3 is 0 Å². The van der Waals surface area contributed by atoms with Crippen molar-refractivity contribution in [2.75, 3.05) is 45.9 Å². The summed E-state index contributed by atoms with van der Waals surface area (Å²) in [6.45, 7) is 2.78. The Labute approximate surface area is 168 Å². The molecule has 0 saturated carbocycles. The average Bonchev–Trinajstić information content (AvgIpc) is 2.73. The van der Waals surface area contributed by atoms with Gasteiger partial charge in [0.2, 0.25) is 0 Å². The summed E-state index contributed by atoms with van der Waals surface area (Å²) in [5, 5.41) is 10.2. The summed E-state index contributed by atoms with van der Waals surface area (Å²) in [6, 6.07) is 11.2. The zero-order chi connectivity index (χ0) is 20.6. The Bertz CT molecular complexity index is 778. The number of piperazine rings is 1. The van der Waals surface area contributed by atoms with E-state index in [1.165, 1.54) is 48.5 Å². The van der Waals surface area contributed by atoms with Gasteiger partial charge in [0, 0.05) is 32.7 Å². The summed E-state index contributed by atoms with van der Waals surface area (Å²) >= 11 is 0. The SMILES string of the molecule is O=C(COc1ccc(F)cc1)N1CCN(CC(O)COc2ccc(F)cc2)CC1. The minimum absolute atomic E-state index is 0.0975. The highest BCUT2D eigenvalue weighted by Gasteiger charge is 2.23. The number of rotatable bonds is 8. The van der Waals surface area contributed by atoms with E-state index in [0.29, 0.717) is 44.2 Å². The van der Waals surface area contributed by atoms with Crippen molar-refractivity contribution in [2.45, 2.75) is 6.10 Å². The molecule has 0 bridgehead atoms. The molecule has 1 atom stereocenters. The quantitative estimate of drug-likeness (QED) is 0.726. The Balaban J connectivity index is 1.34. The van der Waals surface area contributed by atoms with Crippen LogP contribution in [0.5, 0.6) is 11.5 Å². The molecule has 1 amide bonds. The number of aliphatic hydroxyl groups is 1. The highest BCUT2D eigenvalue weighted by Crippen LogP contribution is 2.13. The number of β-amino-alcohol motifs (C(OH)–C–C–N with tert-alkyl or cyclic N) is 1. The largest absolute Gasteiger partial charge is 0.491 e. The third-order valence-corrected chi connectivity index (χ3v) is 4.63. The van der Waals surface area contributed by atoms with Crippen molar-refractivity contribution in [1.29, 1.82) is 0 Å². The van der Waals surface area contributed by atoms with Crippen LogP contribution in [0.15, 0.2) is 48.5 Å². The van der Waals surface area contributed by atoms with Gasteiger partial charge in [0.1, 0.15) is 35.8 Å². The van der Waals surface area contributed by atoms with E-state index in [1.807, 2.05) is 0 Å². The maximum Gasteiger partial charge on any atom is 0.260 e. The Morgan fingerprint density at radius 1 is 0.897 bits per heavy atom. The number of nitrogens with zero attached hydrogens (tertiary/aromatic N) is 2. The molecule has 2 aromatic rings. The number of aliphatic hydroxyl groups excluding tert-OH is 1. The van der Waals surface area contributed by atoms with Gasteiger partial charge in [0.05, 0.1) is 0 Å². The zero-order valence-electron chi connectivity index (χ0n) is 16.0. The third kappa shape index (κ3) is 6.69. The number of ether oxygens (including phenoxy) is 2. The summed E-state index contributed by atoms with van der Waals surface area (Å²) in [4.78, 5) is 16.0. The fraction of sp³-hybridized carbons (Fsp3) is 0.381. The highest BCUT2D eigenvalue weighted by molar-refractivity contribution is 5.77. The molecule has 0 spiro atoms. The van der Waals surface area contributed by atoms with Crippen molar-refractivity contribution in [2.24, 2.45) is 0 Å². The second-order valence-corrected chi connectivity index (χ2v) is 6.84. The summed E-state index contributed by atoms with van der Waals surface area (Å²) in [5.41, 5.74) is 0. The predicted octanol–water partition coefficient (Wildman–Crippen LogP) is 1.93. The lowest BCUT2D eigenvalue weighted by atomic mass is 10.2. The van der Waals surface area contributed by atoms with Crippen molar-refractivity contribution in [3.8, 4) is 11.5 Å². The van der Waals surface area contributed by atoms with Crippen molar-refractivity contribution in [3.05, 3.63) is 60.2 Å². The maximum absolute atomic E-state index is 12.9. The normalized spacial score (nSPS) is 15.8. The lowest BCUT2D eigenvalue weighted by molar-refractivity contribution is -0.135. The number of halogens is 2. The molecule has 1 unspecified atom stereocenters. The van der Waals surface area contributed by atoms with Crippen LogP contribution in [-0.2, 0) is 4.79 Å². The first kappa shape index (κ1) is 21.0. The Hall–Kier alpha value is -2.71. The van der Waals surface area contributed by atoms with Gasteiger partial charge < -0.3 is 19.5 Å². The van der Waals surface area contributed by atoms with Gasteiger partial charge in [0.15, 0.2) is 6.61 Å². The molecule has 2 aromatic carbocycles. The first-order valence-corrected chi connectivity index (χ1v) is 9.44. The Morgan fingerprint density at radius 2 is 1.41 bits per heavy atom. The molecule has 1 aliphatic rings. The molecule has 8 heteroatoms. The van der Waals surface area contributed by atoms with Gasteiger partial charge in [-0.15, -0.1) is 0 Å². The molecule has 29 heavy (non-hydrogen) atoms. The van der Waals surface area contributed by atoms with Gasteiger partial charge in [-0.05, 0) is 48.5 Å². The fourth-order valence-electron chi connectivity index (χ4n) is 3.02. The van der Waals surface area contributed by atoms with Crippen molar-refractivity contribution < 1.29 is 28.2 Å². The number of benzene rings is 2. The molecule has 0 aliphatic carbocycles. The summed E-state index contributed by atoms with van der Waals surface area (Å²) in [5.74, 6) is 0.122. The van der Waals surface area contributed by atoms with E-state index in [2.05, 4.69) is 4.90 Å². The first-order chi connectivity index (χ1) is 14.0. The van der Waals surface area contributed by atoms with Crippen LogP contribution < -0.4 is 9.47 Å². The number of carbonyl (C=O) groups is 1. The minimum Gasteiger partial charge on any atom is -0.491 e. The van der Waals surface area contributed by atoms with Crippen molar-refractivity contribution >= 4 is 5.91 Å². The number of carbonyl (C=O) groups excluding carboxylic acids is 1. The zero-order valence-corrected chi connectivity index (χ0v) is 16.0. The molecule has 3 rings (SSSR count). The predicted molar refractivity (Wildman–Crippen MR) is 103 cm³/mol. The summed E-state index contributed by atoms with van der Waals surface area (Å²) < 4.78 is 36.6. The van der Waals surface area contributed by atoms with E-state index >= 15 is 0 Å². The lowest BCUT2D eigenvalue weighted by Gasteiger charge is -2.35. The van der Waals surface area contributed by atoms with Gasteiger partial charge in [-0.3, -0.25) is 9.69 Å². The van der Waals surface area contributed by atoms with E-state index in [0.717, 1.165) is 0 Å². The summed E-state index contributed by atoms with van der Waals surface area (Å²) in [7, 11) is 0. The maximum atomic E-state index is 12.9. The minimum atomic E-state index is -0.691. The molecule has 1 aliphatic heterocycles. The van der Waals surface area contributed by atoms with Crippen molar-refractivity contribution in [1.82, 2.24) is 9.80 Å². The Kier molecular flexibility index (Phi) is 7.37. The first-order valence-electron chi connectivity index (χ1n) is 9.44. The van der Waals surface area contributed by atoms with E-state index in [4.69, 9.17) is 9.47 Å². The van der Waals surface area contributed by atoms with Crippen LogP contribution in [-0.4, -0.2) is 72.9 Å². The monoisotopic (exact) mass is 406 g/mol. The van der Waals surface area contributed by atoms with Gasteiger partial charge in [-0.1, -0.05) is 0 Å². The van der Waals surface area contributed by atoms with Crippen molar-refractivity contribution in [3.63, 3.8) is 0 Å². The van der Waals surface area contributed by atoms with Crippen LogP contribution in [0.2, 0.25) is 0 Å². The van der Waals surface area contributed by atoms with Gasteiger partial charge in [-0.2, -0.15) is 0 Å². The Morgan fingerprint density at radius 3 is 1.97 bits per heavy atom. The second kappa shape index (κ2) is 10.2. The molecule has 0 aromatic heterocycles. The van der Waals surface area contributed by atoms with Crippen LogP contribution in [0, 0.1) is 11.6 Å². The fourth-order valence-corrected chi connectivity index (χ4v) is 3.02. The number of hydrogen-bond donors (Lipinski definition) is 1. The highest BCUT2D eigenvalue weighted by atomic mass is 19.1. The molecular formula is C21H24F2N2O4. The van der Waals surface area contributed by atoms with Gasteiger partial charge in [0.25, 0.3) is 5.91 Å². The molecule has 6 nitrogen and oxygen atoms in total. The molecule has 1 saturated heterocycles. The van der Waals surface area contributed by atoms with Gasteiger partial charge in [-0.25, -0.2) is 8.78 Å². The molecule has 1 fully saturated rings.